The molecule has 0 heterocycles. The van der Waals surface area contributed by atoms with E-state index in [1.165, 1.54) is 45.7 Å². The molecule has 0 N–H and O–H groups in total. The lowest BCUT2D eigenvalue weighted by Crippen LogP contribution is -2.42. The van der Waals surface area contributed by atoms with Crippen molar-refractivity contribution in [2.24, 2.45) is 17.3 Å². The lowest BCUT2D eigenvalue weighted by atomic mass is 9.52. The van der Waals surface area contributed by atoms with Crippen LogP contribution in [0, 0.1) is 17.3 Å². The number of nitrogens with zero attached hydrogens (tertiary/aromatic N) is 1. The quantitative estimate of drug-likeness (QED) is 0.400. The van der Waals surface area contributed by atoms with Gasteiger partial charge in [-0.2, -0.15) is 0 Å². The van der Waals surface area contributed by atoms with Crippen LogP contribution in [0.25, 0.3) is 5.57 Å². The summed E-state index contributed by atoms with van der Waals surface area (Å²) >= 11 is 1.81. The third-order valence-corrected chi connectivity index (χ3v) is 10.3. The van der Waals surface area contributed by atoms with Gasteiger partial charge in [0, 0.05) is 37.0 Å². The van der Waals surface area contributed by atoms with E-state index in [1.807, 2.05) is 17.8 Å². The minimum atomic E-state index is 0.156. The van der Waals surface area contributed by atoms with Crippen molar-refractivity contribution in [2.75, 3.05) is 25.3 Å². The van der Waals surface area contributed by atoms with E-state index >= 15 is 0 Å². The summed E-state index contributed by atoms with van der Waals surface area (Å²) in [7, 11) is 4.21. The van der Waals surface area contributed by atoms with Crippen LogP contribution in [0.3, 0.4) is 0 Å². The van der Waals surface area contributed by atoms with Crippen molar-refractivity contribution < 1.29 is 4.79 Å². The Morgan fingerprint density at radius 1 is 0.972 bits per heavy atom. The zero-order chi connectivity index (χ0) is 25.0. The Kier molecular flexibility index (Phi) is 6.03. The standard InChI is InChI=1S/C33H37NOS/c1-33-20-29(21-7-13-26(36-4)14-8-21)32-27-16-12-25(35)19-23(27)9-15-28(32)31(33)18-17-30(33)22-5-10-24(11-6-22)34(2)3/h5-8,10-11,13-14,17,19,28-29,31H,9,12,15-16,18,20H2,1-4H3/t28-,29+,31-,33+/m0/s1. The third kappa shape index (κ3) is 3.82. The molecule has 6 rings (SSSR count). The molecule has 0 bridgehead atoms. The summed E-state index contributed by atoms with van der Waals surface area (Å²) < 4.78 is 0. The van der Waals surface area contributed by atoms with Crippen molar-refractivity contribution in [1.29, 1.82) is 0 Å². The van der Waals surface area contributed by atoms with Gasteiger partial charge in [-0.1, -0.05) is 42.8 Å². The molecule has 186 valence electrons. The monoisotopic (exact) mass is 495 g/mol. The van der Waals surface area contributed by atoms with Gasteiger partial charge in [0.25, 0.3) is 0 Å². The summed E-state index contributed by atoms with van der Waals surface area (Å²) in [4.78, 5) is 15.8. The highest BCUT2D eigenvalue weighted by Gasteiger charge is 2.54. The number of carbonyl (C=O) groups is 1. The summed E-state index contributed by atoms with van der Waals surface area (Å²) in [5.41, 5.74) is 10.4. The second-order valence-electron chi connectivity index (χ2n) is 11.6. The first kappa shape index (κ1) is 23.9. The summed E-state index contributed by atoms with van der Waals surface area (Å²) in [6.07, 6.45) is 12.9. The van der Waals surface area contributed by atoms with Crippen LogP contribution in [0.5, 0.6) is 0 Å². The van der Waals surface area contributed by atoms with Crippen molar-refractivity contribution >= 4 is 28.8 Å². The minimum absolute atomic E-state index is 0.156. The Bertz CT molecular complexity index is 1280. The van der Waals surface area contributed by atoms with Crippen molar-refractivity contribution in [3.63, 3.8) is 0 Å². The number of carbonyl (C=O) groups excluding carboxylic acids is 1. The van der Waals surface area contributed by atoms with Gasteiger partial charge >= 0.3 is 0 Å². The summed E-state index contributed by atoms with van der Waals surface area (Å²) in [6, 6.07) is 18.5. The molecule has 36 heavy (non-hydrogen) atoms. The van der Waals surface area contributed by atoms with Crippen LogP contribution < -0.4 is 4.90 Å². The second kappa shape index (κ2) is 9.10. The van der Waals surface area contributed by atoms with E-state index in [1.54, 1.807) is 11.1 Å². The molecular formula is C33H37NOS. The zero-order valence-corrected chi connectivity index (χ0v) is 22.8. The van der Waals surface area contributed by atoms with Crippen LogP contribution in [0.4, 0.5) is 5.69 Å². The molecule has 3 heteroatoms. The van der Waals surface area contributed by atoms with E-state index < -0.39 is 0 Å². The van der Waals surface area contributed by atoms with Crippen LogP contribution in [-0.2, 0) is 4.79 Å². The number of fused-ring (bicyclic) bond motifs is 4. The number of benzene rings is 2. The molecule has 2 nitrogen and oxygen atoms in total. The Hall–Kier alpha value is -2.52. The molecule has 1 fully saturated rings. The highest BCUT2D eigenvalue weighted by molar-refractivity contribution is 7.98. The first-order valence-electron chi connectivity index (χ1n) is 13.5. The van der Waals surface area contributed by atoms with E-state index in [0.29, 0.717) is 30.0 Å². The third-order valence-electron chi connectivity index (χ3n) is 9.53. The first-order chi connectivity index (χ1) is 17.4. The van der Waals surface area contributed by atoms with Gasteiger partial charge in [0.2, 0.25) is 0 Å². The van der Waals surface area contributed by atoms with Crippen molar-refractivity contribution in [3.8, 4) is 0 Å². The molecule has 2 aromatic carbocycles. The van der Waals surface area contributed by atoms with E-state index in [9.17, 15) is 4.79 Å². The largest absolute Gasteiger partial charge is 0.378 e. The molecule has 2 aromatic rings. The summed E-state index contributed by atoms with van der Waals surface area (Å²) in [5.74, 6) is 1.98. The molecule has 0 unspecified atom stereocenters. The minimum Gasteiger partial charge on any atom is -0.378 e. The van der Waals surface area contributed by atoms with Gasteiger partial charge in [0.1, 0.15) is 0 Å². The Balaban J connectivity index is 1.45. The Morgan fingerprint density at radius 2 is 1.72 bits per heavy atom. The molecule has 4 atom stereocenters. The average Bonchev–Trinajstić information content (AvgIpc) is 3.24. The highest BCUT2D eigenvalue weighted by atomic mass is 32.2. The van der Waals surface area contributed by atoms with Crippen molar-refractivity contribution in [1.82, 2.24) is 0 Å². The number of thioether (sulfide) groups is 1. The molecule has 0 aromatic heterocycles. The van der Waals surface area contributed by atoms with Gasteiger partial charge in [0.15, 0.2) is 5.78 Å². The predicted octanol–water partition coefficient (Wildman–Crippen LogP) is 8.07. The molecule has 4 aliphatic carbocycles. The van der Waals surface area contributed by atoms with Gasteiger partial charge < -0.3 is 4.90 Å². The number of allylic oxidation sites excluding steroid dienone is 6. The molecule has 0 amide bonds. The van der Waals surface area contributed by atoms with Gasteiger partial charge in [-0.25, -0.2) is 0 Å². The van der Waals surface area contributed by atoms with Gasteiger partial charge in [-0.05, 0) is 114 Å². The lowest BCUT2D eigenvalue weighted by molar-refractivity contribution is -0.114. The highest BCUT2D eigenvalue weighted by Crippen LogP contribution is 2.65. The second-order valence-corrected chi connectivity index (χ2v) is 12.4. The zero-order valence-electron chi connectivity index (χ0n) is 22.0. The normalized spacial score (nSPS) is 29.2. The molecular weight excluding hydrogens is 458 g/mol. The SMILES string of the molecule is CSc1ccc([C@H]2C[C@]3(C)C(c4ccc(N(C)C)cc4)=CC[C@H]3[C@@H]3CCC4=CC(=O)CCC4=C32)cc1. The van der Waals surface area contributed by atoms with Crippen LogP contribution in [0.1, 0.15) is 62.5 Å². The Labute approximate surface area is 220 Å². The van der Waals surface area contributed by atoms with E-state index in [2.05, 4.69) is 86.8 Å². The molecule has 1 saturated carbocycles. The molecule has 0 saturated heterocycles. The van der Waals surface area contributed by atoms with E-state index in [0.717, 1.165) is 19.3 Å². The molecule has 0 aliphatic heterocycles. The number of hydrogen-bond acceptors (Lipinski definition) is 3. The summed E-state index contributed by atoms with van der Waals surface area (Å²) in [5, 5.41) is 0. The maximum absolute atomic E-state index is 12.3. The summed E-state index contributed by atoms with van der Waals surface area (Å²) in [6.45, 7) is 2.55. The maximum atomic E-state index is 12.3. The van der Waals surface area contributed by atoms with E-state index in [-0.39, 0.29) is 5.41 Å². The number of hydrogen-bond donors (Lipinski definition) is 0. The number of ketones is 1. The van der Waals surface area contributed by atoms with Crippen LogP contribution in [0.15, 0.2) is 82.3 Å². The Morgan fingerprint density at radius 3 is 2.42 bits per heavy atom. The smallest absolute Gasteiger partial charge is 0.156 e. The fourth-order valence-electron chi connectivity index (χ4n) is 7.75. The van der Waals surface area contributed by atoms with Gasteiger partial charge in [-0.15, -0.1) is 11.8 Å². The number of anilines is 1. The fourth-order valence-corrected chi connectivity index (χ4v) is 8.16. The predicted molar refractivity (Wildman–Crippen MR) is 153 cm³/mol. The maximum Gasteiger partial charge on any atom is 0.156 e. The van der Waals surface area contributed by atoms with Crippen molar-refractivity contribution in [2.45, 2.75) is 56.3 Å². The topological polar surface area (TPSA) is 20.3 Å². The lowest BCUT2D eigenvalue weighted by Gasteiger charge is -2.52. The van der Waals surface area contributed by atoms with Crippen LogP contribution >= 0.6 is 11.8 Å². The van der Waals surface area contributed by atoms with Crippen LogP contribution in [0.2, 0.25) is 0 Å². The number of rotatable bonds is 4. The van der Waals surface area contributed by atoms with Gasteiger partial charge in [-0.3, -0.25) is 4.79 Å². The first-order valence-corrected chi connectivity index (χ1v) is 14.7. The average molecular weight is 496 g/mol. The van der Waals surface area contributed by atoms with Crippen LogP contribution in [-0.4, -0.2) is 26.1 Å². The van der Waals surface area contributed by atoms with Gasteiger partial charge in [0.05, 0.1) is 0 Å². The van der Waals surface area contributed by atoms with E-state index in [4.69, 9.17) is 0 Å². The fraction of sp³-hybridized carbons (Fsp3) is 0.424. The molecule has 0 spiro atoms. The van der Waals surface area contributed by atoms with Crippen molar-refractivity contribution in [3.05, 3.63) is 88.5 Å². The molecule has 0 radical (unpaired) electrons. The molecule has 4 aliphatic rings.